The Morgan fingerprint density at radius 3 is 2.25 bits per heavy atom. The summed E-state index contributed by atoms with van der Waals surface area (Å²) in [5.41, 5.74) is 3.22. The van der Waals surface area contributed by atoms with Crippen molar-refractivity contribution < 1.29 is 14.2 Å². The Balaban J connectivity index is 1.34. The van der Waals surface area contributed by atoms with Crippen molar-refractivity contribution in [3.05, 3.63) is 83.9 Å². The maximum Gasteiger partial charge on any atom is 0.161 e. The fraction of sp³-hybridized carbons (Fsp3) is 0.269. The molecule has 0 bridgehead atoms. The summed E-state index contributed by atoms with van der Waals surface area (Å²) in [5.74, 6) is 2.33. The maximum absolute atomic E-state index is 5.94. The van der Waals surface area contributed by atoms with E-state index in [1.807, 2.05) is 72.9 Å². The third-order valence-corrected chi connectivity index (χ3v) is 5.48. The molecule has 0 saturated carbocycles. The van der Waals surface area contributed by atoms with Crippen LogP contribution < -0.4 is 19.1 Å². The summed E-state index contributed by atoms with van der Waals surface area (Å²) in [6.07, 6.45) is 1.88. The van der Waals surface area contributed by atoms with Gasteiger partial charge >= 0.3 is 0 Å². The monoisotopic (exact) mass is 431 g/mol. The van der Waals surface area contributed by atoms with Gasteiger partial charge in [0.2, 0.25) is 0 Å². The molecule has 1 aliphatic rings. The van der Waals surface area contributed by atoms with Crippen LogP contribution in [-0.4, -0.2) is 51.6 Å². The summed E-state index contributed by atoms with van der Waals surface area (Å²) in [7, 11) is 3.37. The predicted molar refractivity (Wildman–Crippen MR) is 128 cm³/mol. The lowest BCUT2D eigenvalue weighted by Gasteiger charge is -2.35. The first kappa shape index (κ1) is 21.6. The molecule has 1 saturated heterocycles. The minimum Gasteiger partial charge on any atom is -0.495 e. The van der Waals surface area contributed by atoms with Gasteiger partial charge in [0.1, 0.15) is 12.4 Å². The first-order valence-corrected chi connectivity index (χ1v) is 10.8. The predicted octanol–water partition coefficient (Wildman–Crippen LogP) is 4.44. The highest BCUT2D eigenvalue weighted by molar-refractivity contribution is 5.80. The molecule has 1 fully saturated rings. The van der Waals surface area contributed by atoms with Gasteiger partial charge in [0.25, 0.3) is 0 Å². The number of methoxy groups -OCH3 is 2. The molecule has 0 atom stereocenters. The van der Waals surface area contributed by atoms with Crippen LogP contribution in [0.25, 0.3) is 0 Å². The van der Waals surface area contributed by atoms with Gasteiger partial charge in [-0.3, -0.25) is 5.01 Å². The van der Waals surface area contributed by atoms with Crippen LogP contribution in [-0.2, 0) is 6.61 Å². The van der Waals surface area contributed by atoms with Crippen molar-refractivity contribution in [2.45, 2.75) is 6.61 Å². The number of piperazine rings is 1. The van der Waals surface area contributed by atoms with Crippen molar-refractivity contribution in [3.63, 3.8) is 0 Å². The third kappa shape index (κ3) is 5.32. The highest BCUT2D eigenvalue weighted by Gasteiger charge is 2.18. The normalized spacial score (nSPS) is 13.9. The minimum absolute atomic E-state index is 0.501. The summed E-state index contributed by atoms with van der Waals surface area (Å²) in [5, 5.41) is 6.77. The number of hydrogen-bond donors (Lipinski definition) is 0. The van der Waals surface area contributed by atoms with Gasteiger partial charge in [-0.15, -0.1) is 0 Å². The van der Waals surface area contributed by atoms with E-state index in [1.165, 1.54) is 0 Å². The first-order valence-electron chi connectivity index (χ1n) is 10.8. The number of nitrogens with zero attached hydrogens (tertiary/aromatic N) is 3. The summed E-state index contributed by atoms with van der Waals surface area (Å²) in [4.78, 5) is 2.34. The molecule has 0 spiro atoms. The number of anilines is 1. The van der Waals surface area contributed by atoms with Crippen LogP contribution in [0.2, 0.25) is 0 Å². The Hall–Kier alpha value is -3.67. The number of hydrazone groups is 1. The van der Waals surface area contributed by atoms with E-state index in [0.717, 1.165) is 54.5 Å². The lowest BCUT2D eigenvalue weighted by Crippen LogP contribution is -2.44. The van der Waals surface area contributed by atoms with E-state index in [-0.39, 0.29) is 0 Å². The Kier molecular flexibility index (Phi) is 7.12. The molecule has 6 nitrogen and oxygen atoms in total. The highest BCUT2D eigenvalue weighted by atomic mass is 16.5. The Labute approximate surface area is 189 Å². The van der Waals surface area contributed by atoms with Gasteiger partial charge in [-0.1, -0.05) is 42.5 Å². The summed E-state index contributed by atoms with van der Waals surface area (Å²) >= 11 is 0. The molecule has 0 radical (unpaired) electrons. The molecule has 3 aromatic rings. The van der Waals surface area contributed by atoms with Crippen molar-refractivity contribution in [1.29, 1.82) is 0 Å². The van der Waals surface area contributed by atoms with Gasteiger partial charge < -0.3 is 19.1 Å². The van der Waals surface area contributed by atoms with Crippen LogP contribution in [0, 0.1) is 0 Å². The molecule has 32 heavy (non-hydrogen) atoms. The number of para-hydroxylation sites is 2. The highest BCUT2D eigenvalue weighted by Crippen LogP contribution is 2.29. The van der Waals surface area contributed by atoms with E-state index in [2.05, 4.69) is 21.1 Å². The molecular weight excluding hydrogens is 402 g/mol. The van der Waals surface area contributed by atoms with E-state index >= 15 is 0 Å². The van der Waals surface area contributed by atoms with Gasteiger partial charge in [0.15, 0.2) is 11.5 Å². The molecule has 3 aromatic carbocycles. The number of benzene rings is 3. The van der Waals surface area contributed by atoms with Gasteiger partial charge in [0.05, 0.1) is 39.2 Å². The number of rotatable bonds is 8. The number of ether oxygens (including phenoxy) is 3. The first-order chi connectivity index (χ1) is 15.8. The lowest BCUT2D eigenvalue weighted by molar-refractivity contribution is 0.271. The molecular formula is C26H29N3O3. The third-order valence-electron chi connectivity index (χ3n) is 5.48. The zero-order valence-corrected chi connectivity index (χ0v) is 18.6. The van der Waals surface area contributed by atoms with E-state index in [1.54, 1.807) is 14.2 Å². The molecule has 1 heterocycles. The van der Waals surface area contributed by atoms with Crippen molar-refractivity contribution in [1.82, 2.24) is 5.01 Å². The molecule has 0 amide bonds. The molecule has 0 unspecified atom stereocenters. The molecule has 1 aliphatic heterocycles. The average Bonchev–Trinajstić information content (AvgIpc) is 2.87. The molecule has 0 N–H and O–H groups in total. The number of hydrogen-bond acceptors (Lipinski definition) is 6. The Morgan fingerprint density at radius 2 is 1.50 bits per heavy atom. The Morgan fingerprint density at radius 1 is 0.781 bits per heavy atom. The van der Waals surface area contributed by atoms with Gasteiger partial charge in [0, 0.05) is 13.1 Å². The summed E-state index contributed by atoms with van der Waals surface area (Å²) < 4.78 is 17.0. The van der Waals surface area contributed by atoms with Crippen LogP contribution in [0.4, 0.5) is 5.69 Å². The topological polar surface area (TPSA) is 46.5 Å². The quantitative estimate of drug-likeness (QED) is 0.494. The smallest absolute Gasteiger partial charge is 0.161 e. The van der Waals surface area contributed by atoms with E-state index < -0.39 is 0 Å². The second-order valence-corrected chi connectivity index (χ2v) is 7.54. The summed E-state index contributed by atoms with van der Waals surface area (Å²) in [6, 6.07) is 24.1. The standard InChI is InChI=1S/C26H29N3O3/c1-30-24-11-7-6-10-23(24)28-14-16-29(17-15-28)27-19-22-12-13-25(26(18-22)31-2)32-20-21-8-4-3-5-9-21/h3-13,18-19H,14-17,20H2,1-2H3/b27-19+. The molecule has 166 valence electrons. The Bertz CT molecular complexity index is 1030. The van der Waals surface area contributed by atoms with E-state index in [4.69, 9.17) is 14.2 Å². The fourth-order valence-electron chi connectivity index (χ4n) is 3.71. The van der Waals surface area contributed by atoms with Crippen LogP contribution in [0.3, 0.4) is 0 Å². The maximum atomic E-state index is 5.94. The largest absolute Gasteiger partial charge is 0.495 e. The van der Waals surface area contributed by atoms with Crippen molar-refractivity contribution in [3.8, 4) is 17.2 Å². The van der Waals surface area contributed by atoms with Crippen LogP contribution >= 0.6 is 0 Å². The van der Waals surface area contributed by atoms with E-state index in [9.17, 15) is 0 Å². The molecule has 6 heteroatoms. The second-order valence-electron chi connectivity index (χ2n) is 7.54. The van der Waals surface area contributed by atoms with Crippen LogP contribution in [0.5, 0.6) is 17.2 Å². The van der Waals surface area contributed by atoms with E-state index in [0.29, 0.717) is 12.4 Å². The van der Waals surface area contributed by atoms with Crippen molar-refractivity contribution in [2.75, 3.05) is 45.3 Å². The van der Waals surface area contributed by atoms with Gasteiger partial charge in [-0.2, -0.15) is 5.10 Å². The average molecular weight is 432 g/mol. The second kappa shape index (κ2) is 10.6. The van der Waals surface area contributed by atoms with Crippen LogP contribution in [0.1, 0.15) is 11.1 Å². The van der Waals surface area contributed by atoms with Crippen molar-refractivity contribution in [2.24, 2.45) is 5.10 Å². The van der Waals surface area contributed by atoms with Crippen LogP contribution in [0.15, 0.2) is 77.9 Å². The van der Waals surface area contributed by atoms with Gasteiger partial charge in [-0.25, -0.2) is 0 Å². The van der Waals surface area contributed by atoms with Gasteiger partial charge in [-0.05, 0) is 41.5 Å². The van der Waals surface area contributed by atoms with Crippen molar-refractivity contribution >= 4 is 11.9 Å². The SMILES string of the molecule is COc1cc(/C=N/N2CCN(c3ccccc3OC)CC2)ccc1OCc1ccccc1. The zero-order valence-electron chi connectivity index (χ0n) is 18.6. The zero-order chi connectivity index (χ0) is 22.2. The lowest BCUT2D eigenvalue weighted by atomic mass is 10.2. The molecule has 0 aromatic heterocycles. The molecule has 0 aliphatic carbocycles. The summed E-state index contributed by atoms with van der Waals surface area (Å²) in [6.45, 7) is 4.00. The minimum atomic E-state index is 0.501. The fourth-order valence-corrected chi connectivity index (χ4v) is 3.71. The molecule has 4 rings (SSSR count).